The van der Waals surface area contributed by atoms with E-state index in [-0.39, 0.29) is 0 Å². The van der Waals surface area contributed by atoms with Gasteiger partial charge in [0.25, 0.3) is 0 Å². The number of allylic oxidation sites excluding steroid dienone is 1. The number of hydrogen-bond acceptors (Lipinski definition) is 8. The molecule has 156 valence electrons. The summed E-state index contributed by atoms with van der Waals surface area (Å²) in [5.41, 5.74) is 1.99. The monoisotopic (exact) mass is 418 g/mol. The van der Waals surface area contributed by atoms with E-state index in [0.717, 1.165) is 11.3 Å². The van der Waals surface area contributed by atoms with E-state index in [1.807, 2.05) is 45.9 Å². The molecule has 1 unspecified atom stereocenters. The van der Waals surface area contributed by atoms with Gasteiger partial charge < -0.3 is 19.5 Å². The first kappa shape index (κ1) is 21.0. The van der Waals surface area contributed by atoms with Crippen molar-refractivity contribution >= 4 is 23.7 Å². The Kier molecular flexibility index (Phi) is 6.68. The molecule has 0 radical (unpaired) electrons. The van der Waals surface area contributed by atoms with Crippen molar-refractivity contribution in [2.45, 2.75) is 38.9 Å². The van der Waals surface area contributed by atoms with E-state index in [4.69, 9.17) is 14.2 Å². The Morgan fingerprint density at radius 1 is 1.21 bits per heavy atom. The van der Waals surface area contributed by atoms with Crippen LogP contribution in [0.2, 0.25) is 0 Å². The molecule has 0 spiro atoms. The van der Waals surface area contributed by atoms with Crippen molar-refractivity contribution in [1.82, 2.24) is 14.8 Å². The largest absolute Gasteiger partial charge is 0.490 e. The minimum Gasteiger partial charge on any atom is -0.490 e. The highest BCUT2D eigenvalue weighted by Crippen LogP contribution is 2.39. The third-order valence-electron chi connectivity index (χ3n) is 4.40. The van der Waals surface area contributed by atoms with Crippen LogP contribution in [0.5, 0.6) is 11.5 Å². The summed E-state index contributed by atoms with van der Waals surface area (Å²) in [5, 5.41) is 8.45. The van der Waals surface area contributed by atoms with Crippen molar-refractivity contribution in [3.63, 3.8) is 0 Å². The maximum absolute atomic E-state index is 12.6. The number of nitrogens with zero attached hydrogens (tertiary/aromatic N) is 3. The predicted octanol–water partition coefficient (Wildman–Crippen LogP) is 3.65. The van der Waals surface area contributed by atoms with Crippen molar-refractivity contribution in [3.8, 4) is 11.5 Å². The molecule has 1 aliphatic heterocycles. The molecule has 1 N–H and O–H groups in total. The van der Waals surface area contributed by atoms with Gasteiger partial charge in [-0.1, -0.05) is 24.8 Å². The van der Waals surface area contributed by atoms with Gasteiger partial charge in [0.15, 0.2) is 11.5 Å². The Bertz CT molecular complexity index is 925. The smallest absolute Gasteiger partial charge is 0.338 e. The van der Waals surface area contributed by atoms with Gasteiger partial charge in [-0.15, -0.1) is 5.10 Å². The molecular weight excluding hydrogens is 392 g/mol. The fourth-order valence-corrected chi connectivity index (χ4v) is 3.80. The second-order valence-corrected chi connectivity index (χ2v) is 7.46. The van der Waals surface area contributed by atoms with Gasteiger partial charge in [-0.25, -0.2) is 9.48 Å². The molecule has 29 heavy (non-hydrogen) atoms. The number of ether oxygens (including phenoxy) is 3. The number of hydrogen-bond donors (Lipinski definition) is 1. The molecule has 1 aromatic heterocycles. The summed E-state index contributed by atoms with van der Waals surface area (Å²) in [6.45, 7) is 8.75. The fourth-order valence-electron chi connectivity index (χ4n) is 3.24. The van der Waals surface area contributed by atoms with Gasteiger partial charge in [0.05, 0.1) is 25.9 Å². The van der Waals surface area contributed by atoms with Gasteiger partial charge in [0.1, 0.15) is 6.04 Å². The number of thioether (sulfide) groups is 1. The summed E-state index contributed by atoms with van der Waals surface area (Å²) in [5.74, 6) is 2.30. The summed E-state index contributed by atoms with van der Waals surface area (Å²) in [6, 6.07) is 5.16. The number of methoxy groups -OCH3 is 1. The van der Waals surface area contributed by atoms with Crippen LogP contribution in [-0.4, -0.2) is 46.8 Å². The summed E-state index contributed by atoms with van der Waals surface area (Å²) < 4.78 is 18.2. The number of benzene rings is 1. The molecule has 8 nitrogen and oxygen atoms in total. The SMILES string of the molecule is CCOc1ccc(C2C(C(=O)OC)=C(C)Nc3nc(SCC)nn32)cc1OCC. The van der Waals surface area contributed by atoms with Crippen molar-refractivity contribution in [2.24, 2.45) is 0 Å². The lowest BCUT2D eigenvalue weighted by atomic mass is 9.95. The number of rotatable bonds is 8. The Hall–Kier alpha value is -2.68. The molecule has 1 atom stereocenters. The van der Waals surface area contributed by atoms with Crippen LogP contribution in [0.25, 0.3) is 0 Å². The minimum absolute atomic E-state index is 0.419. The number of anilines is 1. The third-order valence-corrected chi connectivity index (χ3v) is 5.11. The first-order valence-electron chi connectivity index (χ1n) is 9.58. The Labute approximate surface area is 174 Å². The first-order valence-corrected chi connectivity index (χ1v) is 10.6. The van der Waals surface area contributed by atoms with Crippen LogP contribution in [-0.2, 0) is 9.53 Å². The van der Waals surface area contributed by atoms with Gasteiger partial charge >= 0.3 is 5.97 Å². The van der Waals surface area contributed by atoms with Gasteiger partial charge in [-0.05, 0) is 44.2 Å². The molecule has 2 aromatic rings. The molecule has 2 heterocycles. The molecule has 0 saturated carbocycles. The van der Waals surface area contributed by atoms with Crippen LogP contribution in [0.1, 0.15) is 39.3 Å². The molecule has 0 aliphatic carbocycles. The third kappa shape index (κ3) is 4.19. The van der Waals surface area contributed by atoms with Crippen molar-refractivity contribution in [1.29, 1.82) is 0 Å². The lowest BCUT2D eigenvalue weighted by molar-refractivity contribution is -0.136. The zero-order valence-corrected chi connectivity index (χ0v) is 18.1. The molecular formula is C20H26N4O4S. The standard InChI is InChI=1S/C20H26N4O4S/c1-6-27-14-10-9-13(11-15(14)28-7-2)17-16(18(25)26-5)12(4)21-19-22-20(29-8-3)23-24(17)19/h9-11,17H,6-8H2,1-5H3,(H,21,22,23). The van der Waals surface area contributed by atoms with E-state index in [1.54, 1.807) is 16.4 Å². The summed E-state index contributed by atoms with van der Waals surface area (Å²) in [7, 11) is 1.37. The van der Waals surface area contributed by atoms with Crippen LogP contribution < -0.4 is 14.8 Å². The highest BCUT2D eigenvalue weighted by molar-refractivity contribution is 7.99. The van der Waals surface area contributed by atoms with Gasteiger partial charge in [0, 0.05) is 5.70 Å². The molecule has 1 aromatic carbocycles. The van der Waals surface area contributed by atoms with Crippen LogP contribution in [0.3, 0.4) is 0 Å². The highest BCUT2D eigenvalue weighted by Gasteiger charge is 2.35. The minimum atomic E-state index is -0.493. The Morgan fingerprint density at radius 2 is 1.93 bits per heavy atom. The number of esters is 1. The van der Waals surface area contributed by atoms with E-state index in [1.165, 1.54) is 7.11 Å². The topological polar surface area (TPSA) is 87.5 Å². The number of fused-ring (bicyclic) bond motifs is 1. The van der Waals surface area contributed by atoms with Crippen molar-refractivity contribution in [2.75, 3.05) is 31.4 Å². The zero-order chi connectivity index (χ0) is 21.0. The molecule has 0 bridgehead atoms. The quantitative estimate of drug-likeness (QED) is 0.513. The van der Waals surface area contributed by atoms with E-state index in [9.17, 15) is 4.79 Å². The second kappa shape index (κ2) is 9.21. The second-order valence-electron chi connectivity index (χ2n) is 6.23. The van der Waals surface area contributed by atoms with E-state index in [0.29, 0.717) is 47.1 Å². The Morgan fingerprint density at radius 3 is 2.59 bits per heavy atom. The van der Waals surface area contributed by atoms with E-state index >= 15 is 0 Å². The predicted molar refractivity (Wildman–Crippen MR) is 112 cm³/mol. The lowest BCUT2D eigenvalue weighted by Crippen LogP contribution is -2.29. The highest BCUT2D eigenvalue weighted by atomic mass is 32.2. The molecule has 0 amide bonds. The van der Waals surface area contributed by atoms with Gasteiger partial charge in [0.2, 0.25) is 11.1 Å². The van der Waals surface area contributed by atoms with Crippen molar-refractivity contribution < 1.29 is 19.0 Å². The number of aromatic nitrogens is 3. The number of carbonyl (C=O) groups excluding carboxylic acids is 1. The molecule has 9 heteroatoms. The van der Waals surface area contributed by atoms with Crippen LogP contribution >= 0.6 is 11.8 Å². The summed E-state index contributed by atoms with van der Waals surface area (Å²) in [4.78, 5) is 17.2. The average Bonchev–Trinajstić information content (AvgIpc) is 3.10. The van der Waals surface area contributed by atoms with E-state index in [2.05, 4.69) is 15.4 Å². The maximum atomic E-state index is 12.6. The molecule has 1 aliphatic rings. The zero-order valence-electron chi connectivity index (χ0n) is 17.3. The van der Waals surface area contributed by atoms with Gasteiger partial charge in [-0.3, -0.25) is 0 Å². The van der Waals surface area contributed by atoms with Crippen LogP contribution in [0, 0.1) is 0 Å². The fraction of sp³-hybridized carbons (Fsp3) is 0.450. The normalized spacial score (nSPS) is 15.6. The van der Waals surface area contributed by atoms with Crippen LogP contribution in [0.15, 0.2) is 34.6 Å². The summed E-state index contributed by atoms with van der Waals surface area (Å²) in [6.07, 6.45) is 0. The number of nitrogens with one attached hydrogen (secondary N) is 1. The Balaban J connectivity index is 2.15. The average molecular weight is 419 g/mol. The van der Waals surface area contributed by atoms with Gasteiger partial charge in [-0.2, -0.15) is 4.98 Å². The van der Waals surface area contributed by atoms with Crippen LogP contribution in [0.4, 0.5) is 5.95 Å². The van der Waals surface area contributed by atoms with E-state index < -0.39 is 12.0 Å². The number of carbonyl (C=O) groups is 1. The molecule has 3 rings (SSSR count). The maximum Gasteiger partial charge on any atom is 0.338 e. The first-order chi connectivity index (χ1) is 14.0. The lowest BCUT2D eigenvalue weighted by Gasteiger charge is -2.28. The summed E-state index contributed by atoms with van der Waals surface area (Å²) >= 11 is 1.54. The van der Waals surface area contributed by atoms with Crippen molar-refractivity contribution in [3.05, 3.63) is 35.0 Å². The molecule has 0 saturated heterocycles. The molecule has 0 fully saturated rings.